The first-order valence-corrected chi connectivity index (χ1v) is 5.97. The van der Waals surface area contributed by atoms with Crippen molar-refractivity contribution in [2.75, 3.05) is 33.7 Å². The zero-order valence-electron chi connectivity index (χ0n) is 10.4. The number of nitrogens with one attached hydrogen (secondary N) is 1. The average molecular weight is 236 g/mol. The van der Waals surface area contributed by atoms with Gasteiger partial charge in [0.15, 0.2) is 0 Å². The van der Waals surface area contributed by atoms with E-state index in [1.165, 1.54) is 0 Å². The van der Waals surface area contributed by atoms with Crippen LogP contribution in [0.4, 0.5) is 0 Å². The fourth-order valence-corrected chi connectivity index (χ4v) is 1.99. The van der Waals surface area contributed by atoms with Crippen LogP contribution in [0, 0.1) is 0 Å². The zero-order valence-corrected chi connectivity index (χ0v) is 10.4. The Morgan fingerprint density at radius 2 is 2.06 bits per heavy atom. The van der Waals surface area contributed by atoms with Crippen LogP contribution in [-0.2, 0) is 0 Å². The number of aliphatic hydroxyl groups is 1. The predicted molar refractivity (Wildman–Crippen MR) is 67.2 cm³/mol. The number of ether oxygens (including phenoxy) is 1. The molecule has 4 nitrogen and oxygen atoms in total. The normalized spacial score (nSPS) is 18.8. The van der Waals surface area contributed by atoms with Crippen molar-refractivity contribution in [3.05, 3.63) is 29.8 Å². The molecule has 0 spiro atoms. The summed E-state index contributed by atoms with van der Waals surface area (Å²) < 4.78 is 5.78. The van der Waals surface area contributed by atoms with Gasteiger partial charge in [-0.05, 0) is 31.8 Å². The molecule has 0 aromatic heterocycles. The molecule has 1 aromatic rings. The van der Waals surface area contributed by atoms with Gasteiger partial charge in [0.05, 0.1) is 6.10 Å². The number of hydrogen-bond donors (Lipinski definition) is 2. The lowest BCUT2D eigenvalue weighted by molar-refractivity contribution is 0.0388. The Morgan fingerprint density at radius 3 is 2.59 bits per heavy atom. The zero-order chi connectivity index (χ0) is 12.3. The molecular weight excluding hydrogens is 216 g/mol. The molecule has 1 unspecified atom stereocenters. The van der Waals surface area contributed by atoms with Gasteiger partial charge in [0.2, 0.25) is 0 Å². The fourth-order valence-electron chi connectivity index (χ4n) is 1.99. The monoisotopic (exact) mass is 236 g/mol. The van der Waals surface area contributed by atoms with Gasteiger partial charge in [-0.3, -0.25) is 4.90 Å². The lowest BCUT2D eigenvalue weighted by Crippen LogP contribution is -2.51. The number of likely N-dealkylation sites (N-methyl/N-ethyl adjacent to an activating group) is 2. The second kappa shape index (κ2) is 5.49. The van der Waals surface area contributed by atoms with E-state index in [2.05, 4.69) is 17.3 Å². The molecule has 2 rings (SSSR count). The van der Waals surface area contributed by atoms with E-state index in [1.807, 2.05) is 31.3 Å². The summed E-state index contributed by atoms with van der Waals surface area (Å²) >= 11 is 0. The molecule has 0 amide bonds. The van der Waals surface area contributed by atoms with Gasteiger partial charge in [0.25, 0.3) is 0 Å². The van der Waals surface area contributed by atoms with Gasteiger partial charge < -0.3 is 15.2 Å². The van der Waals surface area contributed by atoms with Crippen molar-refractivity contribution >= 4 is 0 Å². The third-order valence-corrected chi connectivity index (χ3v) is 3.00. The smallest absolute Gasteiger partial charge is 0.124 e. The van der Waals surface area contributed by atoms with Gasteiger partial charge in [-0.15, -0.1) is 0 Å². The minimum Gasteiger partial charge on any atom is -0.488 e. The van der Waals surface area contributed by atoms with E-state index < -0.39 is 6.10 Å². The highest BCUT2D eigenvalue weighted by atomic mass is 16.5. The topological polar surface area (TPSA) is 44.7 Å². The fraction of sp³-hybridized carbons (Fsp3) is 0.538. The Bertz CT molecular complexity index is 347. The molecular formula is C13H20N2O2. The maximum atomic E-state index is 9.78. The van der Waals surface area contributed by atoms with Crippen molar-refractivity contribution in [2.45, 2.75) is 12.2 Å². The summed E-state index contributed by atoms with van der Waals surface area (Å²) in [6.07, 6.45) is -0.142. The molecule has 4 heteroatoms. The van der Waals surface area contributed by atoms with Crippen molar-refractivity contribution in [3.8, 4) is 5.75 Å². The van der Waals surface area contributed by atoms with Crippen LogP contribution in [0.2, 0.25) is 0 Å². The van der Waals surface area contributed by atoms with Crippen LogP contribution in [0.3, 0.4) is 0 Å². The van der Waals surface area contributed by atoms with Gasteiger partial charge in [0, 0.05) is 19.6 Å². The number of nitrogens with zero attached hydrogens (tertiary/aromatic N) is 1. The third kappa shape index (κ3) is 3.19. The van der Waals surface area contributed by atoms with Gasteiger partial charge in [-0.25, -0.2) is 0 Å². The van der Waals surface area contributed by atoms with Crippen molar-refractivity contribution in [2.24, 2.45) is 0 Å². The molecule has 1 aliphatic heterocycles. The molecule has 1 heterocycles. The lowest BCUT2D eigenvalue weighted by atomic mass is 10.1. The molecule has 0 aliphatic carbocycles. The summed E-state index contributed by atoms with van der Waals surface area (Å²) in [5, 5.41) is 12.7. The van der Waals surface area contributed by atoms with Crippen molar-refractivity contribution in [1.82, 2.24) is 10.2 Å². The third-order valence-electron chi connectivity index (χ3n) is 3.00. The standard InChI is InChI=1S/C13H20N2O2/c1-14-7-13(16)10-3-5-11(6-4-10)17-12-8-15(2)9-12/h3-6,12-14,16H,7-9H2,1-2H3. The van der Waals surface area contributed by atoms with Crippen LogP contribution in [0.1, 0.15) is 11.7 Å². The van der Waals surface area contributed by atoms with Gasteiger partial charge in [0.1, 0.15) is 11.9 Å². The number of aliphatic hydroxyl groups excluding tert-OH is 1. The lowest BCUT2D eigenvalue weighted by Gasteiger charge is -2.36. The second-order valence-corrected chi connectivity index (χ2v) is 4.60. The highest BCUT2D eigenvalue weighted by Crippen LogP contribution is 2.20. The summed E-state index contributed by atoms with van der Waals surface area (Å²) in [5.41, 5.74) is 0.914. The molecule has 1 aliphatic rings. The minimum absolute atomic E-state index is 0.313. The Balaban J connectivity index is 1.89. The van der Waals surface area contributed by atoms with E-state index in [0.717, 1.165) is 24.4 Å². The van der Waals surface area contributed by atoms with Crippen LogP contribution < -0.4 is 10.1 Å². The highest BCUT2D eigenvalue weighted by Gasteiger charge is 2.24. The molecule has 1 fully saturated rings. The Labute approximate surface area is 102 Å². The summed E-state index contributed by atoms with van der Waals surface area (Å²) in [6.45, 7) is 2.54. The van der Waals surface area contributed by atoms with Gasteiger partial charge in [-0.1, -0.05) is 12.1 Å². The van der Waals surface area contributed by atoms with Gasteiger partial charge >= 0.3 is 0 Å². The molecule has 0 saturated carbocycles. The molecule has 17 heavy (non-hydrogen) atoms. The quantitative estimate of drug-likeness (QED) is 0.787. The highest BCUT2D eigenvalue weighted by molar-refractivity contribution is 5.29. The summed E-state index contributed by atoms with van der Waals surface area (Å²) in [4.78, 5) is 2.22. The summed E-state index contributed by atoms with van der Waals surface area (Å²) in [5.74, 6) is 0.878. The van der Waals surface area contributed by atoms with E-state index >= 15 is 0 Å². The van der Waals surface area contributed by atoms with E-state index in [0.29, 0.717) is 12.6 Å². The first-order valence-electron chi connectivity index (χ1n) is 5.97. The van der Waals surface area contributed by atoms with Crippen molar-refractivity contribution in [3.63, 3.8) is 0 Å². The number of rotatable bonds is 5. The van der Waals surface area contributed by atoms with Gasteiger partial charge in [-0.2, -0.15) is 0 Å². The maximum Gasteiger partial charge on any atom is 0.124 e. The average Bonchev–Trinajstić information content (AvgIpc) is 2.28. The minimum atomic E-state index is -0.455. The number of likely N-dealkylation sites (tertiary alicyclic amines) is 1. The van der Waals surface area contributed by atoms with Crippen LogP contribution in [0.15, 0.2) is 24.3 Å². The number of benzene rings is 1. The van der Waals surface area contributed by atoms with E-state index in [9.17, 15) is 5.11 Å². The first-order chi connectivity index (χ1) is 8.19. The SMILES string of the molecule is CNCC(O)c1ccc(OC2CN(C)C2)cc1. The van der Waals surface area contributed by atoms with Crippen LogP contribution >= 0.6 is 0 Å². The largest absolute Gasteiger partial charge is 0.488 e. The first kappa shape index (κ1) is 12.4. The molecule has 1 atom stereocenters. The van der Waals surface area contributed by atoms with Crippen LogP contribution in [-0.4, -0.2) is 49.8 Å². The predicted octanol–water partition coefficient (Wildman–Crippen LogP) is 0.632. The molecule has 2 N–H and O–H groups in total. The Kier molecular flexibility index (Phi) is 3.99. The van der Waals surface area contributed by atoms with Crippen LogP contribution in [0.25, 0.3) is 0 Å². The number of hydrogen-bond acceptors (Lipinski definition) is 4. The van der Waals surface area contributed by atoms with E-state index in [1.54, 1.807) is 0 Å². The molecule has 1 aromatic carbocycles. The van der Waals surface area contributed by atoms with E-state index in [-0.39, 0.29) is 0 Å². The van der Waals surface area contributed by atoms with Crippen molar-refractivity contribution in [1.29, 1.82) is 0 Å². The Morgan fingerprint density at radius 1 is 1.41 bits per heavy atom. The Hall–Kier alpha value is -1.10. The second-order valence-electron chi connectivity index (χ2n) is 4.60. The van der Waals surface area contributed by atoms with Crippen molar-refractivity contribution < 1.29 is 9.84 Å². The molecule has 0 bridgehead atoms. The molecule has 0 radical (unpaired) electrons. The van der Waals surface area contributed by atoms with E-state index in [4.69, 9.17) is 4.74 Å². The molecule has 94 valence electrons. The summed E-state index contributed by atoms with van der Waals surface area (Å²) in [6, 6.07) is 7.68. The maximum absolute atomic E-state index is 9.78. The molecule has 1 saturated heterocycles. The summed E-state index contributed by atoms with van der Waals surface area (Å²) in [7, 11) is 3.91. The van der Waals surface area contributed by atoms with Crippen LogP contribution in [0.5, 0.6) is 5.75 Å².